The van der Waals surface area contributed by atoms with Crippen molar-refractivity contribution in [2.24, 2.45) is 0 Å². The van der Waals surface area contributed by atoms with Crippen molar-refractivity contribution in [2.75, 3.05) is 4.90 Å². The van der Waals surface area contributed by atoms with Crippen LogP contribution in [0.25, 0.3) is 12.2 Å². The molecule has 0 spiro atoms. The van der Waals surface area contributed by atoms with Gasteiger partial charge in [0.1, 0.15) is 6.29 Å². The van der Waals surface area contributed by atoms with Crippen molar-refractivity contribution in [2.45, 2.75) is 19.6 Å². The molecule has 0 unspecified atom stereocenters. The molecule has 4 rings (SSSR count). The molecule has 0 N–H and O–H groups in total. The molecule has 0 amide bonds. The Bertz CT molecular complexity index is 1220. The first-order chi connectivity index (χ1) is 15.9. The quantitative estimate of drug-likeness (QED) is 0.164. The van der Waals surface area contributed by atoms with Crippen LogP contribution < -0.4 is 10.1 Å². The maximum absolute atomic E-state index is 10.8. The molecule has 0 aromatic heterocycles. The molecule has 3 heteroatoms. The fourth-order valence-corrected chi connectivity index (χ4v) is 4.91. The Kier molecular flexibility index (Phi) is 6.71. The largest absolute Gasteiger partial charge is 0.311 e. The molecule has 0 radical (unpaired) electrons. The van der Waals surface area contributed by atoms with E-state index in [0.29, 0.717) is 5.56 Å². The summed E-state index contributed by atoms with van der Waals surface area (Å²) in [5.74, 6) is 0. The molecule has 0 aliphatic carbocycles. The highest BCUT2D eigenvalue weighted by Crippen LogP contribution is 2.34. The van der Waals surface area contributed by atoms with Crippen molar-refractivity contribution in [3.8, 4) is 0 Å². The van der Waals surface area contributed by atoms with Crippen molar-refractivity contribution < 1.29 is 4.79 Å². The van der Waals surface area contributed by atoms with Crippen molar-refractivity contribution in [3.63, 3.8) is 0 Å². The summed E-state index contributed by atoms with van der Waals surface area (Å²) in [5, 5.41) is 1.46. The second kappa shape index (κ2) is 9.84. The molecule has 0 atom stereocenters. The SMILES string of the molecule is C[Si](C)(C)c1ccc(N(c2ccccc2)c2ccc(/C=C/c3ccc(C=O)cc3)cc2)cc1. The number of hydrogen-bond donors (Lipinski definition) is 0. The zero-order valence-corrected chi connectivity index (χ0v) is 20.4. The van der Waals surface area contributed by atoms with Crippen LogP contribution in [0.1, 0.15) is 21.5 Å². The van der Waals surface area contributed by atoms with Gasteiger partial charge in [-0.15, -0.1) is 0 Å². The summed E-state index contributed by atoms with van der Waals surface area (Å²) in [4.78, 5) is 13.1. The van der Waals surface area contributed by atoms with E-state index in [1.807, 2.05) is 30.3 Å². The number of hydrogen-bond acceptors (Lipinski definition) is 2. The molecule has 164 valence electrons. The number of benzene rings is 4. The lowest BCUT2D eigenvalue weighted by molar-refractivity contribution is 0.112. The first kappa shape index (κ1) is 22.5. The summed E-state index contributed by atoms with van der Waals surface area (Å²) < 4.78 is 0. The van der Waals surface area contributed by atoms with Crippen LogP contribution >= 0.6 is 0 Å². The first-order valence-corrected chi connectivity index (χ1v) is 14.7. The Hall–Kier alpha value is -3.69. The van der Waals surface area contributed by atoms with Gasteiger partial charge in [-0.25, -0.2) is 0 Å². The summed E-state index contributed by atoms with van der Waals surface area (Å²) in [6, 6.07) is 35.7. The van der Waals surface area contributed by atoms with Crippen molar-refractivity contribution in [1.29, 1.82) is 0 Å². The minimum Gasteiger partial charge on any atom is -0.311 e. The maximum atomic E-state index is 10.8. The molecule has 4 aromatic rings. The predicted molar refractivity (Wildman–Crippen MR) is 145 cm³/mol. The Morgan fingerprint density at radius 3 is 1.45 bits per heavy atom. The summed E-state index contributed by atoms with van der Waals surface area (Å²) in [6.45, 7) is 7.12. The molecule has 0 bridgehead atoms. The van der Waals surface area contributed by atoms with Gasteiger partial charge in [0.15, 0.2) is 0 Å². The lowest BCUT2D eigenvalue weighted by atomic mass is 10.1. The summed E-state index contributed by atoms with van der Waals surface area (Å²) in [5.41, 5.74) is 6.29. The van der Waals surface area contributed by atoms with Gasteiger partial charge in [-0.05, 0) is 47.5 Å². The number of carbonyl (C=O) groups excluding carboxylic acids is 1. The zero-order chi connectivity index (χ0) is 23.3. The maximum Gasteiger partial charge on any atom is 0.150 e. The molecule has 33 heavy (non-hydrogen) atoms. The molecule has 0 heterocycles. The van der Waals surface area contributed by atoms with E-state index in [4.69, 9.17) is 0 Å². The van der Waals surface area contributed by atoms with Crippen LogP contribution in [0.2, 0.25) is 19.6 Å². The highest BCUT2D eigenvalue weighted by atomic mass is 28.3. The molecule has 0 saturated heterocycles. The van der Waals surface area contributed by atoms with Crippen molar-refractivity contribution in [1.82, 2.24) is 0 Å². The van der Waals surface area contributed by atoms with Crippen molar-refractivity contribution >= 4 is 48.8 Å². The Balaban J connectivity index is 1.62. The fraction of sp³-hybridized carbons (Fsp3) is 0.100. The Morgan fingerprint density at radius 1 is 0.545 bits per heavy atom. The summed E-state index contributed by atoms with van der Waals surface area (Å²) in [6.07, 6.45) is 5.02. The average molecular weight is 448 g/mol. The monoisotopic (exact) mass is 447 g/mol. The lowest BCUT2D eigenvalue weighted by Gasteiger charge is -2.26. The highest BCUT2D eigenvalue weighted by molar-refractivity contribution is 6.88. The standard InChI is InChI=1S/C30H29NOSi/c1-33(2,3)30-21-19-29(20-22-30)31(27-7-5-4-6-8-27)28-17-15-25(16-18-28)10-9-24-11-13-26(23-32)14-12-24/h4-23H,1-3H3/b10-9+. The van der Waals surface area contributed by atoms with E-state index in [-0.39, 0.29) is 0 Å². The molecule has 0 aliphatic heterocycles. The van der Waals surface area contributed by atoms with E-state index in [9.17, 15) is 4.79 Å². The normalized spacial score (nSPS) is 11.5. The molecule has 0 saturated carbocycles. The third kappa shape index (κ3) is 5.57. The number of aldehydes is 1. The van der Waals surface area contributed by atoms with E-state index in [1.54, 1.807) is 0 Å². The summed E-state index contributed by atoms with van der Waals surface area (Å²) in [7, 11) is -1.34. The van der Waals surface area contributed by atoms with Gasteiger partial charge in [0, 0.05) is 22.6 Å². The van der Waals surface area contributed by atoms with E-state index in [0.717, 1.165) is 34.5 Å². The van der Waals surface area contributed by atoms with E-state index in [2.05, 4.69) is 109 Å². The molecule has 0 aliphatic rings. The Morgan fingerprint density at radius 2 is 0.970 bits per heavy atom. The number of rotatable bonds is 7. The van der Waals surface area contributed by atoms with Crippen LogP contribution in [0.15, 0.2) is 103 Å². The molecule has 2 nitrogen and oxygen atoms in total. The average Bonchev–Trinajstić information content (AvgIpc) is 2.84. The van der Waals surface area contributed by atoms with Crippen LogP contribution in [0, 0.1) is 0 Å². The first-order valence-electron chi connectivity index (χ1n) is 11.2. The summed E-state index contributed by atoms with van der Waals surface area (Å²) >= 11 is 0. The number of anilines is 3. The number of nitrogens with zero attached hydrogens (tertiary/aromatic N) is 1. The number of carbonyl (C=O) groups is 1. The molecular weight excluding hydrogens is 418 g/mol. The van der Waals surface area contributed by atoms with Crippen LogP contribution in [-0.4, -0.2) is 14.4 Å². The van der Waals surface area contributed by atoms with Gasteiger partial charge in [0.25, 0.3) is 0 Å². The number of para-hydroxylation sites is 1. The van der Waals surface area contributed by atoms with Gasteiger partial charge < -0.3 is 4.90 Å². The predicted octanol–water partition coefficient (Wildman–Crippen LogP) is 7.68. The molecular formula is C30H29NOSi. The smallest absolute Gasteiger partial charge is 0.150 e. The van der Waals surface area contributed by atoms with Gasteiger partial charge in [-0.3, -0.25) is 4.79 Å². The van der Waals surface area contributed by atoms with Gasteiger partial charge in [-0.2, -0.15) is 0 Å². The topological polar surface area (TPSA) is 20.3 Å². The van der Waals surface area contributed by atoms with Crippen LogP contribution in [-0.2, 0) is 0 Å². The zero-order valence-electron chi connectivity index (χ0n) is 19.4. The van der Waals surface area contributed by atoms with Crippen molar-refractivity contribution in [3.05, 3.63) is 120 Å². The third-order valence-corrected chi connectivity index (χ3v) is 7.76. The van der Waals surface area contributed by atoms with Gasteiger partial charge in [-0.1, -0.05) is 104 Å². The minimum absolute atomic E-state index is 0.690. The van der Waals surface area contributed by atoms with E-state index >= 15 is 0 Å². The minimum atomic E-state index is -1.34. The van der Waals surface area contributed by atoms with E-state index < -0.39 is 8.07 Å². The van der Waals surface area contributed by atoms with Gasteiger partial charge >= 0.3 is 0 Å². The highest BCUT2D eigenvalue weighted by Gasteiger charge is 2.17. The fourth-order valence-electron chi connectivity index (χ4n) is 3.75. The second-order valence-electron chi connectivity index (χ2n) is 9.18. The third-order valence-electron chi connectivity index (χ3n) is 5.70. The van der Waals surface area contributed by atoms with Gasteiger partial charge in [0.05, 0.1) is 8.07 Å². The van der Waals surface area contributed by atoms with Gasteiger partial charge in [0.2, 0.25) is 0 Å². The molecule has 4 aromatic carbocycles. The second-order valence-corrected chi connectivity index (χ2v) is 14.3. The Labute approximate surface area is 197 Å². The van der Waals surface area contributed by atoms with Crippen LogP contribution in [0.3, 0.4) is 0 Å². The van der Waals surface area contributed by atoms with Crippen LogP contribution in [0.5, 0.6) is 0 Å². The molecule has 0 fully saturated rings. The van der Waals surface area contributed by atoms with Crippen LogP contribution in [0.4, 0.5) is 17.1 Å². The van der Waals surface area contributed by atoms with E-state index in [1.165, 1.54) is 5.19 Å². The lowest BCUT2D eigenvalue weighted by Crippen LogP contribution is -2.37.